The number of aromatic hydroxyl groups is 1. The zero-order valence-electron chi connectivity index (χ0n) is 24.9. The number of carbonyl (C=O) groups is 2. The van der Waals surface area contributed by atoms with Gasteiger partial charge in [-0.25, -0.2) is 19.3 Å². The highest BCUT2D eigenvalue weighted by atomic mass is 35.5. The molecule has 0 spiro atoms. The number of nitrogens with zero attached hydrogens (tertiary/aromatic N) is 7. The largest absolute Gasteiger partial charge is 0.507 e. The molecule has 46 heavy (non-hydrogen) atoms. The number of amides is 2. The number of fused-ring (bicyclic) bond motifs is 5. The lowest BCUT2D eigenvalue weighted by molar-refractivity contribution is -0.128. The van der Waals surface area contributed by atoms with Crippen LogP contribution in [-0.4, -0.2) is 74.1 Å². The van der Waals surface area contributed by atoms with Crippen molar-refractivity contribution in [1.29, 1.82) is 0 Å². The average molecular weight is 642 g/mol. The number of rotatable bonds is 5. The maximum Gasteiger partial charge on any atom is 0.283 e. The van der Waals surface area contributed by atoms with Gasteiger partial charge in [-0.2, -0.15) is 0 Å². The number of aromatic nitrogens is 4. The minimum Gasteiger partial charge on any atom is -0.507 e. The number of hydrogen-bond donors (Lipinski definition) is 1. The van der Waals surface area contributed by atoms with Gasteiger partial charge in [-0.05, 0) is 50.0 Å². The van der Waals surface area contributed by atoms with Crippen LogP contribution in [0.1, 0.15) is 48.9 Å². The van der Waals surface area contributed by atoms with Gasteiger partial charge in [0.2, 0.25) is 5.91 Å². The van der Waals surface area contributed by atoms with Gasteiger partial charge in [0.15, 0.2) is 5.65 Å². The van der Waals surface area contributed by atoms with E-state index in [0.717, 1.165) is 37.1 Å². The molecule has 0 radical (unpaired) electrons. The molecule has 1 saturated heterocycles. The Hall–Kier alpha value is -4.84. The average Bonchev–Trinajstić information content (AvgIpc) is 3.97. The molecular formula is C33H29ClFN7O4. The third-order valence-electron chi connectivity index (χ3n) is 9.42. The van der Waals surface area contributed by atoms with E-state index in [9.17, 15) is 19.5 Å². The van der Waals surface area contributed by atoms with E-state index in [1.54, 1.807) is 18.0 Å². The molecule has 1 atom stereocenters. The molecule has 11 nitrogen and oxygen atoms in total. The molecule has 2 saturated carbocycles. The summed E-state index contributed by atoms with van der Waals surface area (Å²) in [7, 11) is 1.55. The maximum atomic E-state index is 15.3. The van der Waals surface area contributed by atoms with Gasteiger partial charge < -0.3 is 19.8 Å². The molecule has 234 valence electrons. The van der Waals surface area contributed by atoms with Crippen molar-refractivity contribution in [2.24, 2.45) is 0 Å². The monoisotopic (exact) mass is 641 g/mol. The summed E-state index contributed by atoms with van der Waals surface area (Å²) in [6.45, 7) is 4.25. The van der Waals surface area contributed by atoms with Crippen LogP contribution in [0.2, 0.25) is 5.02 Å². The van der Waals surface area contributed by atoms with E-state index in [-0.39, 0.29) is 70.1 Å². The van der Waals surface area contributed by atoms with Crippen molar-refractivity contribution < 1.29 is 19.1 Å². The predicted octanol–water partition coefficient (Wildman–Crippen LogP) is 4.28. The molecule has 13 heteroatoms. The summed E-state index contributed by atoms with van der Waals surface area (Å²) in [4.78, 5) is 60.3. The zero-order chi connectivity index (χ0) is 32.0. The lowest BCUT2D eigenvalue weighted by Gasteiger charge is -2.47. The number of pyridine rings is 2. The summed E-state index contributed by atoms with van der Waals surface area (Å²) >= 11 is 6.85. The fourth-order valence-electron chi connectivity index (χ4n) is 6.85. The highest BCUT2D eigenvalue weighted by molar-refractivity contribution is 6.34. The molecule has 5 heterocycles. The van der Waals surface area contributed by atoms with Crippen LogP contribution in [0.25, 0.3) is 28.0 Å². The summed E-state index contributed by atoms with van der Waals surface area (Å²) < 4.78 is 16.7. The highest BCUT2D eigenvalue weighted by Gasteiger charge is 2.45. The molecular weight excluding hydrogens is 613 g/mol. The quantitative estimate of drug-likeness (QED) is 0.320. The molecule has 8 rings (SSSR count). The van der Waals surface area contributed by atoms with Crippen LogP contribution in [0.5, 0.6) is 5.75 Å². The second kappa shape index (κ2) is 10.3. The SMILES string of the molecule is C=CC(=O)N1CCN2c3c(c(=O)n(-c4c(C5CC5)ncnc4C4CC4)c4nc(-c5c(O)cccc5F)c(Cl)cc34)N(C)C(=O)[C@H]2C1. The first-order valence-electron chi connectivity index (χ1n) is 15.3. The van der Waals surface area contributed by atoms with Crippen LogP contribution in [0.4, 0.5) is 15.8 Å². The van der Waals surface area contributed by atoms with Crippen LogP contribution in [0.15, 0.2) is 48.0 Å². The topological polar surface area (TPSA) is 125 Å². The Kier molecular flexibility index (Phi) is 6.44. The molecule has 4 aliphatic rings. The van der Waals surface area contributed by atoms with Crippen molar-refractivity contribution in [1.82, 2.24) is 24.4 Å². The first-order valence-corrected chi connectivity index (χ1v) is 15.6. The van der Waals surface area contributed by atoms with Gasteiger partial charge in [-0.3, -0.25) is 19.0 Å². The van der Waals surface area contributed by atoms with Crippen LogP contribution in [0, 0.1) is 5.82 Å². The molecule has 0 unspecified atom stereocenters. The van der Waals surface area contributed by atoms with Gasteiger partial charge in [0.25, 0.3) is 11.5 Å². The Morgan fingerprint density at radius 1 is 1.07 bits per heavy atom. The van der Waals surface area contributed by atoms with Crippen molar-refractivity contribution in [3.05, 3.63) is 75.8 Å². The van der Waals surface area contributed by atoms with Crippen molar-refractivity contribution >= 4 is 45.8 Å². The fraction of sp³-hybridized carbons (Fsp3) is 0.333. The molecule has 4 aromatic rings. The lowest BCUT2D eigenvalue weighted by Crippen LogP contribution is -2.63. The number of anilines is 2. The summed E-state index contributed by atoms with van der Waals surface area (Å²) in [5.41, 5.74) is 2.03. The first-order chi connectivity index (χ1) is 22.2. The maximum absolute atomic E-state index is 15.3. The first kappa shape index (κ1) is 28.6. The fourth-order valence-corrected chi connectivity index (χ4v) is 7.10. The van der Waals surface area contributed by atoms with Gasteiger partial charge in [-0.15, -0.1) is 0 Å². The van der Waals surface area contributed by atoms with Gasteiger partial charge in [0.05, 0.1) is 45.6 Å². The Bertz CT molecular complexity index is 2030. The van der Waals surface area contributed by atoms with Crippen molar-refractivity contribution in [3.8, 4) is 22.7 Å². The zero-order valence-corrected chi connectivity index (χ0v) is 25.7. The second-order valence-corrected chi connectivity index (χ2v) is 12.7. The van der Waals surface area contributed by atoms with E-state index in [2.05, 4.69) is 16.5 Å². The van der Waals surface area contributed by atoms with Crippen molar-refractivity contribution in [3.63, 3.8) is 0 Å². The predicted molar refractivity (Wildman–Crippen MR) is 170 cm³/mol. The third-order valence-corrected chi connectivity index (χ3v) is 9.70. The Balaban J connectivity index is 1.47. The van der Waals surface area contributed by atoms with Gasteiger partial charge in [-0.1, -0.05) is 24.2 Å². The standard InChI is InChI=1S/C33H29ClFN7O4/c1-3-23(44)40-11-12-41-21(14-40)32(45)39(2)30-28(41)18-13-19(34)27(24-20(35)5-4-6-22(24)43)38-31(18)42(33(30)46)29-25(16-7-8-16)36-15-37-26(29)17-9-10-17/h3-6,13,15-17,21,43H,1,7-12,14H2,2H3/t21-/m1/s1. The van der Waals surface area contributed by atoms with Crippen molar-refractivity contribution in [2.75, 3.05) is 36.5 Å². The smallest absolute Gasteiger partial charge is 0.283 e. The van der Waals surface area contributed by atoms with Gasteiger partial charge >= 0.3 is 0 Å². The summed E-state index contributed by atoms with van der Waals surface area (Å²) in [5.74, 6) is -1.43. The van der Waals surface area contributed by atoms with Crippen LogP contribution in [-0.2, 0) is 9.59 Å². The number of phenolic OH excluding ortho intramolecular Hbond substituents is 1. The molecule has 2 amide bonds. The summed E-state index contributed by atoms with van der Waals surface area (Å²) in [6, 6.07) is 4.76. The number of halogens is 2. The minimum absolute atomic E-state index is 0.0335. The normalized spacial score (nSPS) is 19.3. The minimum atomic E-state index is -0.772. The lowest BCUT2D eigenvalue weighted by atomic mass is 10.0. The van der Waals surface area contributed by atoms with E-state index in [1.165, 1.54) is 40.1 Å². The van der Waals surface area contributed by atoms with Gasteiger partial charge in [0.1, 0.15) is 29.6 Å². The number of hydrogen-bond acceptors (Lipinski definition) is 8. The molecule has 2 aliphatic carbocycles. The summed E-state index contributed by atoms with van der Waals surface area (Å²) in [6.07, 6.45) is 6.39. The third kappa shape index (κ3) is 4.23. The van der Waals surface area contributed by atoms with E-state index >= 15 is 4.39 Å². The number of likely N-dealkylation sites (N-methyl/N-ethyl adjacent to an activating group) is 1. The molecule has 2 aliphatic heterocycles. The Morgan fingerprint density at radius 3 is 2.39 bits per heavy atom. The van der Waals surface area contributed by atoms with Crippen molar-refractivity contribution in [2.45, 2.75) is 43.6 Å². The number of phenols is 1. The van der Waals surface area contributed by atoms with E-state index in [0.29, 0.717) is 23.3 Å². The summed E-state index contributed by atoms with van der Waals surface area (Å²) in [5, 5.41) is 11.2. The molecule has 3 fully saturated rings. The van der Waals surface area contributed by atoms with E-state index < -0.39 is 17.4 Å². The highest BCUT2D eigenvalue weighted by Crippen LogP contribution is 2.49. The molecule has 1 N–H and O–H groups in total. The number of piperazine rings is 1. The number of carbonyl (C=O) groups excluding carboxylic acids is 2. The Labute approximate surface area is 267 Å². The molecule has 3 aromatic heterocycles. The van der Waals surface area contributed by atoms with Crippen LogP contribution >= 0.6 is 11.6 Å². The molecule has 1 aromatic carbocycles. The Morgan fingerprint density at radius 2 is 1.76 bits per heavy atom. The van der Waals surface area contributed by atoms with E-state index in [1.807, 2.05) is 4.90 Å². The molecule has 0 bridgehead atoms. The van der Waals surface area contributed by atoms with Crippen LogP contribution in [0.3, 0.4) is 0 Å². The van der Waals surface area contributed by atoms with Crippen LogP contribution < -0.4 is 15.4 Å². The second-order valence-electron chi connectivity index (χ2n) is 12.3. The van der Waals surface area contributed by atoms with Gasteiger partial charge in [0, 0.05) is 37.4 Å². The number of benzene rings is 1. The van der Waals surface area contributed by atoms with E-state index in [4.69, 9.17) is 16.6 Å².